The summed E-state index contributed by atoms with van der Waals surface area (Å²) in [5.74, 6) is -0.945. The van der Waals surface area contributed by atoms with Crippen molar-refractivity contribution in [2.45, 2.75) is 26.7 Å². The van der Waals surface area contributed by atoms with Gasteiger partial charge < -0.3 is 21.0 Å². The van der Waals surface area contributed by atoms with Crippen LogP contribution >= 0.6 is 0 Å². The van der Waals surface area contributed by atoms with Crippen molar-refractivity contribution >= 4 is 22.7 Å². The summed E-state index contributed by atoms with van der Waals surface area (Å²) in [5, 5.41) is 6.70. The average Bonchev–Trinajstić information content (AvgIpc) is 3.16. The van der Waals surface area contributed by atoms with Gasteiger partial charge in [-0.25, -0.2) is 14.8 Å². The van der Waals surface area contributed by atoms with Crippen LogP contribution in [0.4, 0.5) is 4.39 Å². The van der Waals surface area contributed by atoms with E-state index in [1.54, 1.807) is 7.05 Å². The molecule has 2 heterocycles. The van der Waals surface area contributed by atoms with Crippen LogP contribution in [-0.2, 0) is 6.42 Å². The smallest absolute Gasteiger partial charge is 0.267 e. The highest BCUT2D eigenvalue weighted by atomic mass is 19.1. The summed E-state index contributed by atoms with van der Waals surface area (Å²) in [4.78, 5) is 28.8. The molecule has 0 fully saturated rings. The summed E-state index contributed by atoms with van der Waals surface area (Å²) >= 11 is 0. The van der Waals surface area contributed by atoms with Gasteiger partial charge in [0.15, 0.2) is 0 Å². The normalized spacial score (nSPS) is 11.9. The number of nitrogens with two attached hydrogens (primary N) is 1. The van der Waals surface area contributed by atoms with Crippen molar-refractivity contribution in [3.05, 3.63) is 70.3 Å². The second-order valence-electron chi connectivity index (χ2n) is 6.97. The lowest BCUT2D eigenvalue weighted by Crippen LogP contribution is -2.38. The van der Waals surface area contributed by atoms with Gasteiger partial charge >= 0.3 is 0 Å². The Kier molecular flexibility index (Phi) is 6.61. The van der Waals surface area contributed by atoms with Gasteiger partial charge in [0.2, 0.25) is 0 Å². The van der Waals surface area contributed by atoms with Crippen LogP contribution in [0.25, 0.3) is 10.9 Å². The van der Waals surface area contributed by atoms with Crippen molar-refractivity contribution in [2.24, 2.45) is 5.73 Å². The molecule has 0 unspecified atom stereocenters. The number of hydrogen-bond donors (Lipinski definition) is 4. The molecule has 10 heteroatoms. The number of aryl methyl sites for hydroxylation is 2. The topological polar surface area (TPSA) is 135 Å². The van der Waals surface area contributed by atoms with Crippen molar-refractivity contribution in [1.29, 1.82) is 0 Å². The zero-order chi connectivity index (χ0) is 22.5. The van der Waals surface area contributed by atoms with Crippen molar-refractivity contribution < 1.29 is 18.5 Å². The lowest BCUT2D eigenvalue weighted by molar-refractivity contribution is 0.0963. The summed E-state index contributed by atoms with van der Waals surface area (Å²) in [6.07, 6.45) is 1.18. The minimum atomic E-state index is -0.816. The molecule has 2 amide bonds. The first-order valence-electron chi connectivity index (χ1n) is 9.55. The molecule has 0 aliphatic rings. The second-order valence-corrected chi connectivity index (χ2v) is 6.97. The molecule has 0 saturated carbocycles. The van der Waals surface area contributed by atoms with E-state index in [1.165, 1.54) is 24.3 Å². The molecule has 1 aromatic carbocycles. The molecule has 3 aromatic rings. The first-order chi connectivity index (χ1) is 14.8. The van der Waals surface area contributed by atoms with Crippen molar-refractivity contribution in [1.82, 2.24) is 26.3 Å². The van der Waals surface area contributed by atoms with Gasteiger partial charge in [-0.2, -0.15) is 0 Å². The fourth-order valence-electron chi connectivity index (χ4n) is 3.08. The van der Waals surface area contributed by atoms with E-state index in [2.05, 4.69) is 26.3 Å². The third-order valence-corrected chi connectivity index (χ3v) is 4.63. The zero-order valence-corrected chi connectivity index (χ0v) is 17.4. The van der Waals surface area contributed by atoms with Gasteiger partial charge in [0.05, 0.1) is 16.8 Å². The molecular formula is C21H23FN6O3. The standard InChI is InChI=1S/C21H23FN6O3/c1-11(7-8-13-9-12(2)31-28-13)20(27-24-3)26-21(30)14-10-17(19(23)29)25-16-6-4-5-15(22)18(14)16/h4-6,9-10,24,27H,7-8H2,1-3H3,(H2,23,29)(H,26,30)/b20-11-. The molecule has 0 atom stereocenters. The number of carbonyl (C=O) groups excluding carboxylic acids is 2. The third-order valence-electron chi connectivity index (χ3n) is 4.63. The van der Waals surface area contributed by atoms with E-state index in [9.17, 15) is 14.0 Å². The van der Waals surface area contributed by atoms with Gasteiger partial charge in [0.25, 0.3) is 11.8 Å². The molecular weight excluding hydrogens is 403 g/mol. The van der Waals surface area contributed by atoms with E-state index in [1.807, 2.05) is 19.9 Å². The van der Waals surface area contributed by atoms with Gasteiger partial charge in [-0.05, 0) is 50.5 Å². The largest absolute Gasteiger partial charge is 0.364 e. The molecule has 2 aromatic heterocycles. The number of carbonyl (C=O) groups is 2. The molecule has 5 N–H and O–H groups in total. The molecule has 0 bridgehead atoms. The molecule has 3 rings (SSSR count). The number of nitrogens with zero attached hydrogens (tertiary/aromatic N) is 2. The summed E-state index contributed by atoms with van der Waals surface area (Å²) in [7, 11) is 1.65. The Labute approximate surface area is 177 Å². The predicted octanol–water partition coefficient (Wildman–Crippen LogP) is 2.09. The van der Waals surface area contributed by atoms with Crippen LogP contribution in [0.2, 0.25) is 0 Å². The number of amides is 2. The molecule has 162 valence electrons. The first-order valence-corrected chi connectivity index (χ1v) is 9.55. The number of pyridine rings is 1. The highest BCUT2D eigenvalue weighted by Crippen LogP contribution is 2.22. The van der Waals surface area contributed by atoms with Crippen LogP contribution in [0.1, 0.15) is 45.6 Å². The molecule has 31 heavy (non-hydrogen) atoms. The maximum atomic E-state index is 14.5. The highest BCUT2D eigenvalue weighted by molar-refractivity contribution is 6.09. The van der Waals surface area contributed by atoms with Gasteiger partial charge in [-0.3, -0.25) is 9.59 Å². The molecule has 0 spiro atoms. The van der Waals surface area contributed by atoms with Gasteiger partial charge in [-0.15, -0.1) is 0 Å². The van der Waals surface area contributed by atoms with Crippen LogP contribution in [0.15, 0.2) is 46.2 Å². The molecule has 0 aliphatic carbocycles. The van der Waals surface area contributed by atoms with Gasteiger partial charge in [0, 0.05) is 18.5 Å². The first kappa shape index (κ1) is 21.9. The molecule has 0 radical (unpaired) electrons. The molecule has 0 aliphatic heterocycles. The second kappa shape index (κ2) is 9.35. The number of fused-ring (bicyclic) bond motifs is 1. The Hall–Kier alpha value is -3.79. The predicted molar refractivity (Wildman–Crippen MR) is 112 cm³/mol. The molecule has 9 nitrogen and oxygen atoms in total. The highest BCUT2D eigenvalue weighted by Gasteiger charge is 2.19. The Morgan fingerprint density at radius 2 is 2.03 bits per heavy atom. The summed E-state index contributed by atoms with van der Waals surface area (Å²) in [6.45, 7) is 3.65. The summed E-state index contributed by atoms with van der Waals surface area (Å²) < 4.78 is 19.6. The van der Waals surface area contributed by atoms with E-state index >= 15 is 0 Å². The number of primary amides is 1. The lowest BCUT2D eigenvalue weighted by Gasteiger charge is -2.16. The average molecular weight is 426 g/mol. The summed E-state index contributed by atoms with van der Waals surface area (Å²) in [6, 6.07) is 7.20. The Morgan fingerprint density at radius 3 is 2.68 bits per heavy atom. The van der Waals surface area contributed by atoms with E-state index in [-0.39, 0.29) is 22.2 Å². The van der Waals surface area contributed by atoms with Crippen LogP contribution in [-0.4, -0.2) is 29.0 Å². The fraction of sp³-hybridized carbons (Fsp3) is 0.238. The monoisotopic (exact) mass is 426 g/mol. The van der Waals surface area contributed by atoms with E-state index in [4.69, 9.17) is 10.3 Å². The van der Waals surface area contributed by atoms with Crippen molar-refractivity contribution in [3.8, 4) is 0 Å². The Morgan fingerprint density at radius 1 is 1.26 bits per heavy atom. The number of allylic oxidation sites excluding steroid dienone is 1. The maximum absolute atomic E-state index is 14.5. The summed E-state index contributed by atoms with van der Waals surface area (Å²) in [5.41, 5.74) is 12.6. The Balaban J connectivity index is 1.93. The Bertz CT molecular complexity index is 1170. The van der Waals surface area contributed by atoms with Crippen molar-refractivity contribution in [2.75, 3.05) is 7.05 Å². The van der Waals surface area contributed by atoms with Crippen LogP contribution in [0.5, 0.6) is 0 Å². The quantitative estimate of drug-likeness (QED) is 0.405. The van der Waals surface area contributed by atoms with Crippen LogP contribution in [0, 0.1) is 12.7 Å². The SMILES string of the molecule is CNN/C(NC(=O)c1cc(C(N)=O)nc2cccc(F)c12)=C(/C)CCc1cc(C)on1. The zero-order valence-electron chi connectivity index (χ0n) is 17.4. The van der Waals surface area contributed by atoms with Gasteiger partial charge in [0.1, 0.15) is 23.1 Å². The number of hydrazine groups is 1. The minimum Gasteiger partial charge on any atom is -0.364 e. The number of rotatable bonds is 8. The van der Waals surface area contributed by atoms with Crippen molar-refractivity contribution in [3.63, 3.8) is 0 Å². The van der Waals surface area contributed by atoms with E-state index < -0.39 is 17.6 Å². The number of aromatic nitrogens is 2. The minimum absolute atomic E-state index is 0.00420. The molecule has 0 saturated heterocycles. The lowest BCUT2D eigenvalue weighted by atomic mass is 10.1. The van der Waals surface area contributed by atoms with Crippen LogP contribution < -0.4 is 21.9 Å². The van der Waals surface area contributed by atoms with Gasteiger partial charge in [-0.1, -0.05) is 11.2 Å². The fourth-order valence-corrected chi connectivity index (χ4v) is 3.08. The van der Waals surface area contributed by atoms with Crippen LogP contribution in [0.3, 0.4) is 0 Å². The number of nitrogens with one attached hydrogen (secondary N) is 3. The number of benzene rings is 1. The number of halogens is 1. The van der Waals surface area contributed by atoms with E-state index in [0.29, 0.717) is 18.7 Å². The third kappa shape index (κ3) is 5.04. The number of hydrogen-bond acceptors (Lipinski definition) is 7. The maximum Gasteiger partial charge on any atom is 0.267 e. The van der Waals surface area contributed by atoms with E-state index in [0.717, 1.165) is 17.0 Å².